The quantitative estimate of drug-likeness (QED) is 0.212. The van der Waals surface area contributed by atoms with Gasteiger partial charge in [0, 0.05) is 11.8 Å². The van der Waals surface area contributed by atoms with Crippen LogP contribution >= 0.6 is 0 Å². The van der Waals surface area contributed by atoms with E-state index >= 15 is 0 Å². The Kier molecular flexibility index (Phi) is 40.1. The van der Waals surface area contributed by atoms with Crippen LogP contribution in [0.1, 0.15) is 222 Å². The Morgan fingerprint density at radius 3 is 0.725 bits per heavy atom. The third-order valence-electron chi connectivity index (χ3n) is 28.0. The van der Waals surface area contributed by atoms with Crippen LogP contribution in [0, 0.1) is 178 Å². The number of hydrogen-bond acceptors (Lipinski definition) is 0. The van der Waals surface area contributed by atoms with Gasteiger partial charge in [0.2, 0.25) is 5.67 Å². The van der Waals surface area contributed by atoms with Gasteiger partial charge in [0.05, 0.1) is 65.1 Å². The molecule has 9 aliphatic carbocycles. The van der Waals surface area contributed by atoms with Crippen molar-refractivity contribution >= 4 is 0 Å². The molecular formula is C80H120F40. The topological polar surface area (TPSA) is 0 Å². The molecule has 25 unspecified atom stereocenters. The monoisotopic (exact) mass is 1840 g/mol. The minimum absolute atomic E-state index is 0.176. The van der Waals surface area contributed by atoms with Crippen molar-refractivity contribution in [3.63, 3.8) is 0 Å². The lowest BCUT2D eigenvalue weighted by molar-refractivity contribution is -0.321. The summed E-state index contributed by atoms with van der Waals surface area (Å²) in [6.07, 6.45) is -43.2. The average Bonchev–Trinajstić information content (AvgIpc) is 1.53. The lowest BCUT2D eigenvalue weighted by atomic mass is 9.57. The molecule has 0 amide bonds. The molecule has 9 aliphatic rings. The van der Waals surface area contributed by atoms with Crippen molar-refractivity contribution in [1.82, 2.24) is 0 Å². The highest BCUT2D eigenvalue weighted by molar-refractivity contribution is 5.19. The average molecular weight is 1840 g/mol. The Bertz CT molecular complexity index is 2850. The number of halogens is 40. The fourth-order valence-electron chi connectivity index (χ4n) is 20.1. The van der Waals surface area contributed by atoms with Crippen molar-refractivity contribution in [3.8, 4) is 0 Å². The Labute approximate surface area is 677 Å². The van der Waals surface area contributed by atoms with E-state index in [0.29, 0.717) is 32.6 Å². The van der Waals surface area contributed by atoms with E-state index in [2.05, 4.69) is 20.8 Å². The van der Waals surface area contributed by atoms with Gasteiger partial charge in [-0.3, -0.25) is 0 Å². The van der Waals surface area contributed by atoms with Gasteiger partial charge in [0.15, 0.2) is 0 Å². The van der Waals surface area contributed by atoms with Crippen LogP contribution in [0.15, 0.2) is 0 Å². The van der Waals surface area contributed by atoms with Gasteiger partial charge < -0.3 is 0 Å². The Hall–Kier alpha value is -2.80. The molecule has 0 N–H and O–H groups in total. The fraction of sp³-hybridized carbons (Fsp3) is 1.00. The second-order valence-electron chi connectivity index (χ2n) is 37.0. The molecule has 9 rings (SSSR count). The van der Waals surface area contributed by atoms with Gasteiger partial charge in [0.1, 0.15) is 18.5 Å². The largest absolute Gasteiger partial charge is 0.392 e. The standard InChI is InChI=1S/C12H15F9.2C10H14F6.2C9H15F3.C8H13F3.C8H16.C7H7F7.C7H11F3/c1-4-5(2)8(11(16,17)18)9(12(19,20)21)6(3)7(4)10(13,14)15;1-5-3-6(2)8(10(14,15)16)7(4-5)9(11,12)13;1-4-5(2)8(10(14,15)16)6(3)7(4)9(11,12)13;1-6-3-7(2)5-8(4-6)9(10,11)12;1-6-4-3-5-8(7(6)2)9(10,11)12;1-5-3-6(2)7(4-5)8(9,10)11;1-6-4-5-7(2)8(6)3;1-3-5(9,10)4(2,8)7(13,14)6(3,11)12;1-3-5(8)4(2)7(10)6(3)9/h4-9H,1-3H3;5-8H,3-4H2,1-2H3;4-8H,1-3H3;2*6-8H,3-5H2,1-2H3;5-7H,3-4H2,1-2H3;6-8H,4-5H2,1-3H3;3H,1-2H3;3-7H,1-2H3/t4-,5?,6?,7?,8?,9?;5-,6?,7?,8?;4-,5?,6?,7?,8?;6-,7?,8?;6?,7-,8?;5-,6?,7?;;3-,4?;3-,4?,5?,6?,7?/m101010.00/s1. The van der Waals surface area contributed by atoms with Crippen LogP contribution in [0.5, 0.6) is 0 Å². The van der Waals surface area contributed by atoms with E-state index < -0.39 is 228 Å². The molecule has 120 heavy (non-hydrogen) atoms. The molecule has 33 atom stereocenters. The summed E-state index contributed by atoms with van der Waals surface area (Å²) in [6.45, 7) is 29.7. The zero-order chi connectivity index (χ0) is 95.5. The maximum Gasteiger partial charge on any atom is 0.392 e. The summed E-state index contributed by atoms with van der Waals surface area (Å²) >= 11 is 0. The van der Waals surface area contributed by atoms with E-state index in [1.54, 1.807) is 20.8 Å². The van der Waals surface area contributed by atoms with E-state index in [9.17, 15) is 176 Å². The highest BCUT2D eigenvalue weighted by atomic mass is 19.5. The van der Waals surface area contributed by atoms with Crippen LogP contribution in [-0.2, 0) is 0 Å². The van der Waals surface area contributed by atoms with E-state index in [-0.39, 0.29) is 61.7 Å². The van der Waals surface area contributed by atoms with E-state index in [0.717, 1.165) is 64.2 Å². The normalized spacial score (nSPS) is 41.6. The molecule has 720 valence electrons. The molecule has 0 aromatic rings. The number of hydrogen-bond donors (Lipinski definition) is 0. The van der Waals surface area contributed by atoms with Gasteiger partial charge in [-0.25, -0.2) is 26.3 Å². The predicted molar refractivity (Wildman–Crippen MR) is 373 cm³/mol. The molecule has 0 aromatic carbocycles. The van der Waals surface area contributed by atoms with Crippen LogP contribution in [0.2, 0.25) is 0 Å². The van der Waals surface area contributed by atoms with Gasteiger partial charge in [0.25, 0.3) is 5.92 Å². The lowest BCUT2D eigenvalue weighted by Crippen LogP contribution is -2.57. The first-order valence-corrected chi connectivity index (χ1v) is 40.4. The second kappa shape index (κ2) is 41.7. The van der Waals surface area contributed by atoms with Crippen LogP contribution < -0.4 is 0 Å². The summed E-state index contributed by atoms with van der Waals surface area (Å²) in [4.78, 5) is 0. The summed E-state index contributed by atoms with van der Waals surface area (Å²) in [7, 11) is 0. The minimum Gasteiger partial charge on any atom is -0.247 e. The van der Waals surface area contributed by atoms with Crippen molar-refractivity contribution in [2.75, 3.05) is 0 Å². The Morgan fingerprint density at radius 1 is 0.217 bits per heavy atom. The van der Waals surface area contributed by atoms with Crippen molar-refractivity contribution in [2.45, 2.75) is 326 Å². The zero-order valence-electron chi connectivity index (χ0n) is 70.7. The molecule has 9 saturated carbocycles. The van der Waals surface area contributed by atoms with Crippen molar-refractivity contribution < 1.29 is 176 Å². The van der Waals surface area contributed by atoms with E-state index in [1.165, 1.54) is 47.5 Å². The number of alkyl halides is 40. The fourth-order valence-corrected chi connectivity index (χ4v) is 20.1. The van der Waals surface area contributed by atoms with Crippen molar-refractivity contribution in [2.24, 2.45) is 178 Å². The minimum atomic E-state index is -5.36. The molecule has 0 nitrogen and oxygen atoms in total. The first kappa shape index (κ1) is 115. The van der Waals surface area contributed by atoms with Gasteiger partial charge in [-0.15, -0.1) is 0 Å². The molecule has 0 spiro atoms. The molecule has 0 aliphatic heterocycles. The van der Waals surface area contributed by atoms with Crippen molar-refractivity contribution in [1.29, 1.82) is 0 Å². The maximum atomic E-state index is 13.0. The molecule has 0 heterocycles. The summed E-state index contributed by atoms with van der Waals surface area (Å²) < 4.78 is 505. The summed E-state index contributed by atoms with van der Waals surface area (Å²) in [5, 5.41) is 0. The number of rotatable bonds is 0. The molecule has 0 bridgehead atoms. The first-order valence-electron chi connectivity index (χ1n) is 40.4. The van der Waals surface area contributed by atoms with Crippen LogP contribution in [0.25, 0.3) is 0 Å². The Balaban J connectivity index is 0.000000682. The van der Waals surface area contributed by atoms with E-state index in [1.807, 2.05) is 27.7 Å². The third kappa shape index (κ3) is 29.1. The summed E-state index contributed by atoms with van der Waals surface area (Å²) in [5.41, 5.74) is -4.52. The highest BCUT2D eigenvalue weighted by Gasteiger charge is 2.88. The maximum absolute atomic E-state index is 13.0. The highest BCUT2D eigenvalue weighted by Crippen LogP contribution is 2.66. The van der Waals surface area contributed by atoms with E-state index in [4.69, 9.17) is 0 Å². The van der Waals surface area contributed by atoms with Gasteiger partial charge in [-0.1, -0.05) is 164 Å². The van der Waals surface area contributed by atoms with Crippen LogP contribution in [-0.4, -0.2) is 104 Å². The molecule has 0 saturated heterocycles. The second-order valence-corrected chi connectivity index (χ2v) is 37.0. The summed E-state index contributed by atoms with van der Waals surface area (Å²) in [5.74, 6) is -45.9. The zero-order valence-corrected chi connectivity index (χ0v) is 70.7. The van der Waals surface area contributed by atoms with Crippen LogP contribution in [0.3, 0.4) is 0 Å². The smallest absolute Gasteiger partial charge is 0.247 e. The summed E-state index contributed by atoms with van der Waals surface area (Å²) in [6, 6.07) is 0. The molecule has 0 radical (unpaired) electrons. The predicted octanol–water partition coefficient (Wildman–Crippen LogP) is 32.8. The van der Waals surface area contributed by atoms with Crippen LogP contribution in [0.4, 0.5) is 176 Å². The molecule has 0 aromatic heterocycles. The molecule has 9 fully saturated rings. The molecular weight excluding hydrogens is 1720 g/mol. The lowest BCUT2D eigenvalue weighted by Gasteiger charge is -2.50. The van der Waals surface area contributed by atoms with Crippen molar-refractivity contribution in [3.05, 3.63) is 0 Å². The third-order valence-corrected chi connectivity index (χ3v) is 28.0. The van der Waals surface area contributed by atoms with Gasteiger partial charge in [-0.05, 0) is 159 Å². The first-order chi connectivity index (χ1) is 53.0. The van der Waals surface area contributed by atoms with Gasteiger partial charge in [-0.2, -0.15) is 149 Å². The molecule has 40 heteroatoms. The Morgan fingerprint density at radius 2 is 0.500 bits per heavy atom. The van der Waals surface area contributed by atoms with Gasteiger partial charge >= 0.3 is 73.6 Å². The SMILES string of the molecule is CC1C(C(F)(F)F)C(C(F)(F)F)C(C)[C@@H](C)C1C(F)(F)F.CC1C(C(F)(F)F)C(C)[C@@H](C)C1C(F)(F)F.CC1C(F)C(F)[C@@H](C)C1F.CC1CC(C(F)(F)F)C[C@@H](C)C1.CC1CCC(C)C1C.CC1CCCC(C(F)(F)F)[C@@H]1C.CC1C[C@H](C)CC(C(F)(F)F)C1C(F)(F)F.CC1C[C@H](C)CC1C(F)(F)F.C[C@H]1C(F)(F)C(C)(F)C(F)(F)C1(F)F.